The standard InChI is InChI=1S/C8H11N3O4/c12-3-7-14-4-6(15-7)10-5-1-2-9-8(13)11-5/h1-2,6-7,12H,3-4H2,(H2,9,10,11,13)/t6-,7-/m0/s1. The molecule has 15 heavy (non-hydrogen) atoms. The molecule has 0 saturated carbocycles. The van der Waals surface area contributed by atoms with Gasteiger partial charge in [0.25, 0.3) is 0 Å². The van der Waals surface area contributed by atoms with Crippen LogP contribution in [0.5, 0.6) is 0 Å². The maximum atomic E-state index is 10.9. The molecular weight excluding hydrogens is 202 g/mol. The Bertz CT molecular complexity index is 380. The van der Waals surface area contributed by atoms with E-state index < -0.39 is 12.0 Å². The zero-order valence-corrected chi connectivity index (χ0v) is 7.84. The Hall–Kier alpha value is -1.44. The Morgan fingerprint density at radius 1 is 1.73 bits per heavy atom. The summed E-state index contributed by atoms with van der Waals surface area (Å²) in [4.78, 5) is 16.8. The van der Waals surface area contributed by atoms with E-state index in [-0.39, 0.29) is 12.8 Å². The number of aromatic nitrogens is 2. The Morgan fingerprint density at radius 2 is 2.60 bits per heavy atom. The molecule has 0 spiro atoms. The molecule has 1 fully saturated rings. The number of nitrogens with zero attached hydrogens (tertiary/aromatic N) is 1. The van der Waals surface area contributed by atoms with Gasteiger partial charge in [0.2, 0.25) is 0 Å². The number of anilines is 1. The molecule has 0 radical (unpaired) electrons. The summed E-state index contributed by atoms with van der Waals surface area (Å²) < 4.78 is 10.3. The van der Waals surface area contributed by atoms with Gasteiger partial charge in [-0.25, -0.2) is 9.78 Å². The molecule has 0 aromatic carbocycles. The first-order valence-electron chi connectivity index (χ1n) is 4.48. The zero-order chi connectivity index (χ0) is 10.7. The molecule has 1 aliphatic heterocycles. The molecule has 1 aliphatic rings. The molecule has 3 N–H and O–H groups in total. The number of aliphatic hydroxyl groups excluding tert-OH is 1. The van der Waals surface area contributed by atoms with Crippen LogP contribution in [-0.4, -0.2) is 40.8 Å². The fourth-order valence-electron chi connectivity index (χ4n) is 1.25. The van der Waals surface area contributed by atoms with E-state index in [4.69, 9.17) is 14.6 Å². The van der Waals surface area contributed by atoms with Gasteiger partial charge in [0.05, 0.1) is 13.2 Å². The third kappa shape index (κ3) is 2.52. The number of aromatic amines is 1. The van der Waals surface area contributed by atoms with Crippen molar-refractivity contribution in [3.8, 4) is 0 Å². The maximum absolute atomic E-state index is 10.9. The number of H-pyrrole nitrogens is 1. The van der Waals surface area contributed by atoms with E-state index in [0.717, 1.165) is 0 Å². The summed E-state index contributed by atoms with van der Waals surface area (Å²) in [5.41, 5.74) is -0.433. The Labute approximate surface area is 85.1 Å². The lowest BCUT2D eigenvalue weighted by Gasteiger charge is -2.11. The highest BCUT2D eigenvalue weighted by atomic mass is 16.7. The van der Waals surface area contributed by atoms with Crippen LogP contribution < -0.4 is 11.0 Å². The van der Waals surface area contributed by atoms with Crippen LogP contribution in [-0.2, 0) is 9.47 Å². The van der Waals surface area contributed by atoms with Crippen LogP contribution in [0, 0.1) is 0 Å². The molecule has 1 saturated heterocycles. The summed E-state index contributed by atoms with van der Waals surface area (Å²) in [6.07, 6.45) is 0.414. The maximum Gasteiger partial charge on any atom is 0.346 e. The van der Waals surface area contributed by atoms with Gasteiger partial charge in [-0.2, -0.15) is 0 Å². The van der Waals surface area contributed by atoms with Gasteiger partial charge in [0.1, 0.15) is 5.82 Å². The number of hydrogen-bond acceptors (Lipinski definition) is 6. The van der Waals surface area contributed by atoms with Crippen molar-refractivity contribution >= 4 is 5.82 Å². The van der Waals surface area contributed by atoms with Crippen molar-refractivity contribution in [1.29, 1.82) is 0 Å². The molecule has 2 heterocycles. The highest BCUT2D eigenvalue weighted by molar-refractivity contribution is 5.32. The minimum atomic E-state index is -0.601. The summed E-state index contributed by atoms with van der Waals surface area (Å²) in [6.45, 7) is 0.126. The second-order valence-electron chi connectivity index (χ2n) is 3.00. The predicted octanol–water partition coefficient (Wildman–Crippen LogP) is -1.13. The fraction of sp³-hybridized carbons (Fsp3) is 0.500. The number of ether oxygens (including phenoxy) is 2. The fourth-order valence-corrected chi connectivity index (χ4v) is 1.25. The highest BCUT2D eigenvalue weighted by Crippen LogP contribution is 2.12. The van der Waals surface area contributed by atoms with Gasteiger partial charge in [-0.05, 0) is 6.07 Å². The van der Waals surface area contributed by atoms with Crippen LogP contribution in [0.4, 0.5) is 5.82 Å². The molecule has 0 unspecified atom stereocenters. The number of rotatable bonds is 3. The summed E-state index contributed by atoms with van der Waals surface area (Å²) >= 11 is 0. The summed E-state index contributed by atoms with van der Waals surface area (Å²) in [5.74, 6) is 0.502. The first-order valence-corrected chi connectivity index (χ1v) is 4.48. The van der Waals surface area contributed by atoms with Crippen LogP contribution >= 0.6 is 0 Å². The molecule has 0 bridgehead atoms. The van der Waals surface area contributed by atoms with E-state index in [9.17, 15) is 4.79 Å². The Morgan fingerprint density at radius 3 is 3.27 bits per heavy atom. The molecule has 0 aliphatic carbocycles. The molecule has 7 nitrogen and oxygen atoms in total. The predicted molar refractivity (Wildman–Crippen MR) is 50.2 cm³/mol. The number of nitrogens with one attached hydrogen (secondary N) is 2. The molecule has 2 rings (SSSR count). The SMILES string of the molecule is O=c1nccc(N[C@@H]2CO[C@H](CO)O2)[nH]1. The zero-order valence-electron chi connectivity index (χ0n) is 7.84. The van der Waals surface area contributed by atoms with E-state index in [1.165, 1.54) is 6.20 Å². The summed E-state index contributed by atoms with van der Waals surface area (Å²) in [6, 6.07) is 1.61. The van der Waals surface area contributed by atoms with Crippen LogP contribution in [0.15, 0.2) is 17.1 Å². The molecule has 82 valence electrons. The average Bonchev–Trinajstić information content (AvgIpc) is 2.65. The lowest BCUT2D eigenvalue weighted by atomic mass is 10.5. The third-order valence-corrected chi connectivity index (χ3v) is 1.89. The van der Waals surface area contributed by atoms with Crippen molar-refractivity contribution < 1.29 is 14.6 Å². The Kier molecular flexibility index (Phi) is 2.95. The third-order valence-electron chi connectivity index (χ3n) is 1.89. The van der Waals surface area contributed by atoms with Gasteiger partial charge >= 0.3 is 5.69 Å². The molecule has 2 atom stereocenters. The largest absolute Gasteiger partial charge is 0.391 e. The molecule has 7 heteroatoms. The second-order valence-corrected chi connectivity index (χ2v) is 3.00. The van der Waals surface area contributed by atoms with Crippen molar-refractivity contribution in [3.63, 3.8) is 0 Å². The average molecular weight is 213 g/mol. The Balaban J connectivity index is 1.95. The lowest BCUT2D eigenvalue weighted by molar-refractivity contribution is -0.0842. The van der Waals surface area contributed by atoms with Gasteiger partial charge < -0.3 is 19.9 Å². The van der Waals surface area contributed by atoms with E-state index in [1.54, 1.807) is 6.07 Å². The second kappa shape index (κ2) is 4.39. The van der Waals surface area contributed by atoms with Crippen molar-refractivity contribution in [1.82, 2.24) is 9.97 Å². The van der Waals surface area contributed by atoms with Crippen LogP contribution in [0.3, 0.4) is 0 Å². The van der Waals surface area contributed by atoms with Gasteiger partial charge in [-0.3, -0.25) is 4.98 Å². The van der Waals surface area contributed by atoms with Gasteiger partial charge in [0.15, 0.2) is 12.5 Å². The number of aliphatic hydroxyl groups is 1. The van der Waals surface area contributed by atoms with Gasteiger partial charge in [0, 0.05) is 6.20 Å². The molecule has 1 aromatic rings. The van der Waals surface area contributed by atoms with Crippen molar-refractivity contribution in [2.75, 3.05) is 18.5 Å². The smallest absolute Gasteiger partial charge is 0.346 e. The lowest BCUT2D eigenvalue weighted by Crippen LogP contribution is -2.25. The quantitative estimate of drug-likeness (QED) is 0.588. The topological polar surface area (TPSA) is 96.5 Å². The summed E-state index contributed by atoms with van der Waals surface area (Å²) in [5, 5.41) is 11.6. The minimum Gasteiger partial charge on any atom is -0.391 e. The van der Waals surface area contributed by atoms with E-state index >= 15 is 0 Å². The molecule has 1 aromatic heterocycles. The van der Waals surface area contributed by atoms with Crippen LogP contribution in [0.1, 0.15) is 0 Å². The van der Waals surface area contributed by atoms with E-state index in [2.05, 4.69) is 15.3 Å². The van der Waals surface area contributed by atoms with E-state index in [0.29, 0.717) is 12.4 Å². The van der Waals surface area contributed by atoms with E-state index in [1.807, 2.05) is 0 Å². The highest BCUT2D eigenvalue weighted by Gasteiger charge is 2.25. The van der Waals surface area contributed by atoms with Crippen LogP contribution in [0.2, 0.25) is 0 Å². The van der Waals surface area contributed by atoms with Crippen molar-refractivity contribution in [2.24, 2.45) is 0 Å². The normalized spacial score (nSPS) is 25.4. The van der Waals surface area contributed by atoms with Gasteiger partial charge in [-0.1, -0.05) is 0 Å². The molecule has 0 amide bonds. The first-order chi connectivity index (χ1) is 7.28. The molecular formula is C8H11N3O4. The van der Waals surface area contributed by atoms with Gasteiger partial charge in [-0.15, -0.1) is 0 Å². The summed E-state index contributed by atoms with van der Waals surface area (Å²) in [7, 11) is 0. The van der Waals surface area contributed by atoms with Crippen LogP contribution in [0.25, 0.3) is 0 Å². The minimum absolute atomic E-state index is 0.189. The van der Waals surface area contributed by atoms with Crippen molar-refractivity contribution in [2.45, 2.75) is 12.5 Å². The number of hydrogen-bond donors (Lipinski definition) is 3. The van der Waals surface area contributed by atoms with Crippen molar-refractivity contribution in [3.05, 3.63) is 22.7 Å². The monoisotopic (exact) mass is 213 g/mol. The first kappa shape index (κ1) is 10.1.